The van der Waals surface area contributed by atoms with E-state index in [9.17, 15) is 8.42 Å². The summed E-state index contributed by atoms with van der Waals surface area (Å²) in [7, 11) is -2.21. The van der Waals surface area contributed by atoms with E-state index < -0.39 is 10.0 Å². The van der Waals surface area contributed by atoms with Crippen LogP contribution in [0.3, 0.4) is 0 Å². The minimum absolute atomic E-state index is 0.0804. The van der Waals surface area contributed by atoms with Crippen LogP contribution in [-0.2, 0) is 15.8 Å². The third kappa shape index (κ3) is 4.33. The highest BCUT2D eigenvalue weighted by molar-refractivity contribution is 7.91. The van der Waals surface area contributed by atoms with Gasteiger partial charge >= 0.3 is 0 Å². The largest absolute Gasteiger partial charge is 0.495 e. The maximum atomic E-state index is 12.8. The van der Waals surface area contributed by atoms with Crippen LogP contribution in [0.5, 0.6) is 5.75 Å². The summed E-state index contributed by atoms with van der Waals surface area (Å²) in [6.07, 6.45) is 0. The molecule has 0 unspecified atom stereocenters. The average molecular weight is 461 g/mol. The number of rotatable bonds is 7. The highest BCUT2D eigenvalue weighted by Gasteiger charge is 2.23. The molecule has 1 N–H and O–H groups in total. The van der Waals surface area contributed by atoms with Crippen LogP contribution in [0, 0.1) is 0 Å². The van der Waals surface area contributed by atoms with Crippen LogP contribution in [0.4, 0.5) is 5.95 Å². The van der Waals surface area contributed by atoms with Gasteiger partial charge < -0.3 is 4.74 Å². The van der Waals surface area contributed by atoms with Crippen molar-refractivity contribution < 1.29 is 13.2 Å². The molecule has 0 atom stereocenters. The van der Waals surface area contributed by atoms with Gasteiger partial charge in [0.15, 0.2) is 5.82 Å². The molecule has 0 saturated carbocycles. The van der Waals surface area contributed by atoms with Gasteiger partial charge in [-0.25, -0.2) is 8.42 Å². The molecule has 0 amide bonds. The van der Waals surface area contributed by atoms with Crippen molar-refractivity contribution in [1.29, 1.82) is 0 Å². The molecule has 0 spiro atoms. The summed E-state index contributed by atoms with van der Waals surface area (Å²) in [6, 6.07) is 17.7. The molecule has 154 valence electrons. The molecule has 2 aromatic heterocycles. The van der Waals surface area contributed by atoms with Crippen molar-refractivity contribution in [3.8, 4) is 22.1 Å². The van der Waals surface area contributed by atoms with Gasteiger partial charge in [0, 0.05) is 5.02 Å². The standard InChI is InChI=1S/C20H17ClN4O3S2/c1-28-17-6-3-2-5-16(17)25-19(18-7-4-12-29-18)22-23-20(25)24-30(26,27)13-14-8-10-15(21)11-9-14/h2-12H,13H2,1H3,(H,23,24). The topological polar surface area (TPSA) is 86.1 Å². The van der Waals surface area contributed by atoms with Gasteiger partial charge in [0.05, 0.1) is 23.4 Å². The SMILES string of the molecule is COc1ccccc1-n1c(NS(=O)(=O)Cc2ccc(Cl)cc2)nnc1-c1cccs1. The van der Waals surface area contributed by atoms with Crippen LogP contribution in [0.15, 0.2) is 66.0 Å². The van der Waals surface area contributed by atoms with Gasteiger partial charge in [-0.1, -0.05) is 41.9 Å². The summed E-state index contributed by atoms with van der Waals surface area (Å²) in [5.41, 5.74) is 1.23. The normalized spacial score (nSPS) is 11.4. The van der Waals surface area contributed by atoms with E-state index in [4.69, 9.17) is 16.3 Å². The summed E-state index contributed by atoms with van der Waals surface area (Å²) in [5, 5.41) is 10.8. The quantitative estimate of drug-likeness (QED) is 0.435. The summed E-state index contributed by atoms with van der Waals surface area (Å²) in [5.74, 6) is 0.931. The van der Waals surface area contributed by atoms with E-state index in [1.807, 2.05) is 35.7 Å². The fourth-order valence-electron chi connectivity index (χ4n) is 2.93. The summed E-state index contributed by atoms with van der Waals surface area (Å²) >= 11 is 7.36. The maximum absolute atomic E-state index is 12.8. The highest BCUT2D eigenvalue weighted by atomic mass is 35.5. The second-order valence-electron chi connectivity index (χ2n) is 6.32. The fourth-order valence-corrected chi connectivity index (χ4v) is 4.87. The highest BCUT2D eigenvalue weighted by Crippen LogP contribution is 2.33. The number of sulfonamides is 1. The number of methoxy groups -OCH3 is 1. The predicted octanol–water partition coefficient (Wildman–Crippen LogP) is 4.60. The van der Waals surface area contributed by atoms with E-state index in [-0.39, 0.29) is 11.7 Å². The first-order valence-corrected chi connectivity index (χ1v) is 11.8. The molecule has 0 aliphatic rings. The first-order chi connectivity index (χ1) is 14.5. The minimum Gasteiger partial charge on any atom is -0.495 e. The number of hydrogen-bond donors (Lipinski definition) is 1. The van der Waals surface area contributed by atoms with Crippen LogP contribution >= 0.6 is 22.9 Å². The zero-order valence-electron chi connectivity index (χ0n) is 15.8. The lowest BCUT2D eigenvalue weighted by Gasteiger charge is -2.14. The second kappa shape index (κ2) is 8.47. The van der Waals surface area contributed by atoms with Gasteiger partial charge in [-0.15, -0.1) is 21.5 Å². The van der Waals surface area contributed by atoms with Crippen LogP contribution < -0.4 is 9.46 Å². The Bertz CT molecular complexity index is 1250. The molecule has 2 aromatic carbocycles. The molecule has 2 heterocycles. The third-order valence-electron chi connectivity index (χ3n) is 4.25. The lowest BCUT2D eigenvalue weighted by Crippen LogP contribution is -2.18. The Kier molecular flexibility index (Phi) is 5.76. The number of thiophene rings is 1. The van der Waals surface area contributed by atoms with Crippen molar-refractivity contribution in [2.75, 3.05) is 11.8 Å². The number of ether oxygens (including phenoxy) is 1. The molecule has 7 nitrogen and oxygen atoms in total. The van der Waals surface area contributed by atoms with Crippen LogP contribution in [0.25, 0.3) is 16.4 Å². The summed E-state index contributed by atoms with van der Waals surface area (Å²) in [6.45, 7) is 0. The Morgan fingerprint density at radius 1 is 1.07 bits per heavy atom. The first-order valence-electron chi connectivity index (χ1n) is 8.84. The van der Waals surface area contributed by atoms with Crippen LogP contribution in [0.1, 0.15) is 5.56 Å². The number of anilines is 1. The summed E-state index contributed by atoms with van der Waals surface area (Å²) in [4.78, 5) is 0.844. The van der Waals surface area contributed by atoms with Crippen molar-refractivity contribution in [2.45, 2.75) is 5.75 Å². The Balaban J connectivity index is 1.76. The molecular weight excluding hydrogens is 444 g/mol. The zero-order valence-corrected chi connectivity index (χ0v) is 18.2. The zero-order chi connectivity index (χ0) is 21.1. The number of halogens is 1. The number of para-hydroxylation sites is 2. The van der Waals surface area contributed by atoms with Crippen molar-refractivity contribution >= 4 is 38.9 Å². The van der Waals surface area contributed by atoms with E-state index in [2.05, 4.69) is 14.9 Å². The van der Waals surface area contributed by atoms with Crippen molar-refractivity contribution in [2.24, 2.45) is 0 Å². The van der Waals surface area contributed by atoms with Gasteiger partial charge in [0.2, 0.25) is 16.0 Å². The molecule has 4 aromatic rings. The van der Waals surface area contributed by atoms with Crippen LogP contribution in [0.2, 0.25) is 5.02 Å². The molecule has 0 saturated heterocycles. The molecule has 0 fully saturated rings. The lowest BCUT2D eigenvalue weighted by molar-refractivity contribution is 0.413. The Morgan fingerprint density at radius 3 is 2.53 bits per heavy atom. The fraction of sp³-hybridized carbons (Fsp3) is 0.100. The van der Waals surface area contributed by atoms with Crippen molar-refractivity contribution in [3.05, 3.63) is 76.6 Å². The van der Waals surface area contributed by atoms with E-state index in [0.29, 0.717) is 27.8 Å². The lowest BCUT2D eigenvalue weighted by atomic mass is 10.2. The van der Waals surface area contributed by atoms with Gasteiger partial charge in [0.25, 0.3) is 0 Å². The Hall–Kier alpha value is -2.88. The number of benzene rings is 2. The maximum Gasteiger partial charge on any atom is 0.243 e. The average Bonchev–Trinajstić information content (AvgIpc) is 3.39. The Morgan fingerprint density at radius 2 is 1.83 bits per heavy atom. The number of aromatic nitrogens is 3. The second-order valence-corrected chi connectivity index (χ2v) is 9.43. The number of nitrogens with one attached hydrogen (secondary N) is 1. The third-order valence-corrected chi connectivity index (χ3v) is 6.57. The molecule has 0 aliphatic heterocycles. The summed E-state index contributed by atoms with van der Waals surface area (Å²) < 4.78 is 35.3. The predicted molar refractivity (Wildman–Crippen MR) is 119 cm³/mol. The van der Waals surface area contributed by atoms with E-state index in [1.165, 1.54) is 11.3 Å². The molecule has 30 heavy (non-hydrogen) atoms. The molecular formula is C20H17ClN4O3S2. The first kappa shape index (κ1) is 20.4. The van der Waals surface area contributed by atoms with Gasteiger partial charge in [0.1, 0.15) is 5.75 Å². The van der Waals surface area contributed by atoms with E-state index in [1.54, 1.807) is 42.0 Å². The molecule has 4 rings (SSSR count). The van der Waals surface area contributed by atoms with Gasteiger partial charge in [-0.2, -0.15) is 0 Å². The number of nitrogens with zero attached hydrogens (tertiary/aromatic N) is 3. The van der Waals surface area contributed by atoms with Crippen LogP contribution in [-0.4, -0.2) is 30.3 Å². The van der Waals surface area contributed by atoms with Crippen molar-refractivity contribution in [3.63, 3.8) is 0 Å². The molecule has 0 bridgehead atoms. The van der Waals surface area contributed by atoms with Crippen molar-refractivity contribution in [1.82, 2.24) is 14.8 Å². The van der Waals surface area contributed by atoms with Gasteiger partial charge in [-0.3, -0.25) is 9.29 Å². The monoisotopic (exact) mass is 460 g/mol. The number of hydrogen-bond acceptors (Lipinski definition) is 6. The smallest absolute Gasteiger partial charge is 0.243 e. The Labute approximate surface area is 183 Å². The van der Waals surface area contributed by atoms with Gasteiger partial charge in [-0.05, 0) is 41.3 Å². The molecule has 0 radical (unpaired) electrons. The molecule has 0 aliphatic carbocycles. The van der Waals surface area contributed by atoms with E-state index in [0.717, 1.165) is 4.88 Å². The molecule has 10 heteroatoms. The van der Waals surface area contributed by atoms with E-state index >= 15 is 0 Å². The minimum atomic E-state index is -3.76.